The molecule has 9 rings (SSSR count). The van der Waals surface area contributed by atoms with E-state index in [4.69, 9.17) is 11.6 Å². The normalized spacial score (nSPS) is 18.6. The van der Waals surface area contributed by atoms with E-state index < -0.39 is 25.7 Å². The number of amides is 1. The first-order chi connectivity index (χ1) is 31.1. The number of H-pyrrole nitrogens is 1. The second-order valence-electron chi connectivity index (χ2n) is 18.7. The maximum Gasteiger partial charge on any atom is 0.293 e. The van der Waals surface area contributed by atoms with Gasteiger partial charge in [0.25, 0.3) is 21.6 Å². The van der Waals surface area contributed by atoms with E-state index in [9.17, 15) is 23.3 Å². The number of carbonyl (C=O) groups excluding carboxylic acids is 1. The molecule has 3 N–H and O–H groups in total. The van der Waals surface area contributed by atoms with Gasteiger partial charge in [0.2, 0.25) is 0 Å². The smallest absolute Gasteiger partial charge is 0.293 e. The number of nitrogens with zero attached hydrogens (tertiary/aromatic N) is 7. The molecule has 1 atom stereocenters. The van der Waals surface area contributed by atoms with E-state index in [-0.39, 0.29) is 22.4 Å². The predicted octanol–water partition coefficient (Wildman–Crippen LogP) is 8.51. The van der Waals surface area contributed by atoms with E-state index in [0.29, 0.717) is 40.9 Å². The Kier molecular flexibility index (Phi) is 12.2. The number of hydrogen-bond acceptors (Lipinski definition) is 11. The highest BCUT2D eigenvalue weighted by molar-refractivity contribution is 7.90. The van der Waals surface area contributed by atoms with Crippen molar-refractivity contribution in [3.8, 4) is 5.69 Å². The van der Waals surface area contributed by atoms with Crippen LogP contribution in [0.25, 0.3) is 33.3 Å². The number of nitro benzene ring substituents is 1. The fraction of sp³-hybridized carbons (Fsp3) is 0.396. The second-order valence-corrected chi connectivity index (χ2v) is 20.9. The van der Waals surface area contributed by atoms with Crippen LogP contribution in [0.3, 0.4) is 0 Å². The number of fused-ring (bicyclic) bond motifs is 2. The van der Waals surface area contributed by atoms with Gasteiger partial charge in [-0.05, 0) is 123 Å². The summed E-state index contributed by atoms with van der Waals surface area (Å²) < 4.78 is 31.7. The zero-order valence-electron chi connectivity index (χ0n) is 37.2. The van der Waals surface area contributed by atoms with Crippen molar-refractivity contribution in [2.24, 2.45) is 11.3 Å². The number of allylic oxidation sites excluding steroid dienone is 1. The number of aromatic amines is 1. The Morgan fingerprint density at radius 2 is 1.80 bits per heavy atom. The van der Waals surface area contributed by atoms with Crippen molar-refractivity contribution in [3.63, 3.8) is 0 Å². The van der Waals surface area contributed by atoms with Gasteiger partial charge in [0, 0.05) is 86.4 Å². The number of pyridine rings is 1. The lowest BCUT2D eigenvalue weighted by Gasteiger charge is -2.39. The number of likely N-dealkylation sites (tertiary alicyclic amines) is 1. The summed E-state index contributed by atoms with van der Waals surface area (Å²) in [7, 11) is -4.56. The van der Waals surface area contributed by atoms with Crippen LogP contribution in [-0.2, 0) is 10.0 Å². The third-order valence-corrected chi connectivity index (χ3v) is 15.0. The Bertz CT molecular complexity index is 2920. The first-order valence-electron chi connectivity index (χ1n) is 22.3. The lowest BCUT2D eigenvalue weighted by atomic mass is 9.72. The van der Waals surface area contributed by atoms with Crippen LogP contribution in [-0.4, -0.2) is 107 Å². The van der Waals surface area contributed by atoms with Crippen LogP contribution in [0.1, 0.15) is 69.3 Å². The minimum absolute atomic E-state index is 0.0760. The number of benzene rings is 3. The predicted molar refractivity (Wildman–Crippen MR) is 256 cm³/mol. The van der Waals surface area contributed by atoms with Crippen LogP contribution in [0.15, 0.2) is 95.7 Å². The molecule has 2 fully saturated rings. The molecule has 5 heterocycles. The van der Waals surface area contributed by atoms with Crippen LogP contribution in [0.5, 0.6) is 0 Å². The highest BCUT2D eigenvalue weighted by Gasteiger charge is 2.31. The third kappa shape index (κ3) is 9.48. The number of carbonyl (C=O) groups is 1. The highest BCUT2D eigenvalue weighted by atomic mass is 35.5. The number of sulfonamides is 1. The topological polar surface area (TPSA) is 175 Å². The molecule has 1 amide bonds. The molecule has 340 valence electrons. The molecule has 6 aromatic rings. The molecule has 65 heavy (non-hydrogen) atoms. The Hall–Kier alpha value is -5.81. The molecule has 17 heteroatoms. The molecule has 3 aromatic heterocycles. The van der Waals surface area contributed by atoms with E-state index in [2.05, 4.69) is 79.6 Å². The number of hydrogen-bond donors (Lipinski definition) is 3. The zero-order valence-corrected chi connectivity index (χ0v) is 38.8. The molecular formula is C48H55ClN10O5S. The number of nitro groups is 1. The molecule has 2 saturated heterocycles. The van der Waals surface area contributed by atoms with Gasteiger partial charge < -0.3 is 15.1 Å². The number of piperazine rings is 1. The van der Waals surface area contributed by atoms with Crippen molar-refractivity contribution < 1.29 is 18.1 Å². The molecule has 3 aliphatic rings. The fourth-order valence-electron chi connectivity index (χ4n) is 9.58. The van der Waals surface area contributed by atoms with Gasteiger partial charge in [-0.3, -0.25) is 29.6 Å². The first-order valence-corrected chi connectivity index (χ1v) is 24.2. The van der Waals surface area contributed by atoms with Crippen molar-refractivity contribution in [2.75, 3.05) is 62.6 Å². The Balaban J connectivity index is 0.965. The van der Waals surface area contributed by atoms with Gasteiger partial charge in [-0.1, -0.05) is 43.2 Å². The molecule has 0 spiro atoms. The average molecular weight is 920 g/mol. The van der Waals surface area contributed by atoms with Crippen molar-refractivity contribution in [1.29, 1.82) is 0 Å². The summed E-state index contributed by atoms with van der Waals surface area (Å²) in [5.74, 6) is -0.591. The number of aromatic nitrogens is 4. The Morgan fingerprint density at radius 3 is 2.54 bits per heavy atom. The van der Waals surface area contributed by atoms with Crippen LogP contribution < -0.4 is 14.9 Å². The van der Waals surface area contributed by atoms with Gasteiger partial charge in [-0.2, -0.15) is 0 Å². The second kappa shape index (κ2) is 17.9. The van der Waals surface area contributed by atoms with Gasteiger partial charge in [-0.15, -0.1) is 0 Å². The number of nitrogens with one attached hydrogen (secondary N) is 3. The molecule has 1 unspecified atom stereocenters. The lowest BCUT2D eigenvalue weighted by molar-refractivity contribution is -0.384. The summed E-state index contributed by atoms with van der Waals surface area (Å²) in [4.78, 5) is 41.7. The van der Waals surface area contributed by atoms with Crippen LogP contribution in [0.4, 0.5) is 17.1 Å². The summed E-state index contributed by atoms with van der Waals surface area (Å²) in [6.07, 6.45) is 7.57. The number of rotatable bonds is 13. The van der Waals surface area contributed by atoms with Gasteiger partial charge in [0.15, 0.2) is 5.65 Å². The minimum atomic E-state index is -4.56. The Labute approximate surface area is 384 Å². The van der Waals surface area contributed by atoms with Crippen LogP contribution in [0, 0.1) is 21.4 Å². The highest BCUT2D eigenvalue weighted by Crippen LogP contribution is 2.43. The number of halogens is 1. The molecular weight excluding hydrogens is 864 g/mol. The van der Waals surface area contributed by atoms with Crippen molar-refractivity contribution in [2.45, 2.75) is 64.3 Å². The van der Waals surface area contributed by atoms with Gasteiger partial charge in [-0.25, -0.2) is 23.1 Å². The van der Waals surface area contributed by atoms with E-state index in [0.717, 1.165) is 93.7 Å². The zero-order chi connectivity index (χ0) is 45.6. The summed E-state index contributed by atoms with van der Waals surface area (Å²) in [6.45, 7) is 15.4. The summed E-state index contributed by atoms with van der Waals surface area (Å²) in [6, 6.07) is 21.4. The van der Waals surface area contributed by atoms with E-state index >= 15 is 0 Å². The van der Waals surface area contributed by atoms with Gasteiger partial charge in [0.1, 0.15) is 11.2 Å². The minimum Gasteiger partial charge on any atom is -0.379 e. The fourth-order valence-corrected chi connectivity index (χ4v) is 10.7. The summed E-state index contributed by atoms with van der Waals surface area (Å²) in [5, 5.41) is 20.2. The molecule has 15 nitrogen and oxygen atoms in total. The monoisotopic (exact) mass is 918 g/mol. The van der Waals surface area contributed by atoms with E-state index in [1.54, 1.807) is 23.1 Å². The summed E-state index contributed by atoms with van der Waals surface area (Å²) in [5.41, 5.74) is 7.39. The maximum absolute atomic E-state index is 14.2. The van der Waals surface area contributed by atoms with E-state index in [1.807, 2.05) is 36.4 Å². The SMILES string of the molecule is CC(C)N1CCC(CNc2ccc(S(=O)(=O)NC(=O)c3ccc(N4CCN(CC5=C(c6ccc(Cl)cc6)CC(C)(C)CC5)CC4)cc3-n3[nH]cc4nc5nccc5cc43)cc2[N+](=O)[O-])C1. The summed E-state index contributed by atoms with van der Waals surface area (Å²) >= 11 is 6.26. The van der Waals surface area contributed by atoms with Crippen molar-refractivity contribution in [1.82, 2.24) is 34.3 Å². The quantitative estimate of drug-likeness (QED) is 0.0749. The largest absolute Gasteiger partial charge is 0.379 e. The molecule has 1 aliphatic carbocycles. The molecule has 0 bridgehead atoms. The molecule has 3 aromatic carbocycles. The molecule has 2 aliphatic heterocycles. The van der Waals surface area contributed by atoms with Gasteiger partial charge in [0.05, 0.1) is 26.6 Å². The molecule has 0 saturated carbocycles. The average Bonchev–Trinajstić information content (AvgIpc) is 4.06. The molecule has 0 radical (unpaired) electrons. The van der Waals surface area contributed by atoms with Crippen LogP contribution in [0.2, 0.25) is 5.02 Å². The van der Waals surface area contributed by atoms with Gasteiger partial charge >= 0.3 is 0 Å². The first kappa shape index (κ1) is 44.4. The van der Waals surface area contributed by atoms with Crippen molar-refractivity contribution in [3.05, 3.63) is 117 Å². The number of anilines is 2. The van der Waals surface area contributed by atoms with Crippen LogP contribution >= 0.6 is 11.6 Å². The third-order valence-electron chi connectivity index (χ3n) is 13.4. The van der Waals surface area contributed by atoms with E-state index in [1.165, 1.54) is 28.8 Å². The van der Waals surface area contributed by atoms with Crippen molar-refractivity contribution >= 4 is 72.2 Å². The Morgan fingerprint density at radius 1 is 1.02 bits per heavy atom. The lowest BCUT2D eigenvalue weighted by Crippen LogP contribution is -2.47. The maximum atomic E-state index is 14.2. The standard InChI is InChI=1S/C48H55ClN10O5S/c1-31(2)57-18-15-32(29-57)27-51-41-12-10-38(25-45(41)59(61)62)65(63,64)54-47(60)39-11-9-37(24-43(39)58-44-23-34-14-17-50-46(34)53-42(44)28-52-58)56-21-19-55(20-22-56)30-35-13-16-48(3,4)26-40(35)33-5-7-36(49)8-6-33/h5-12,14,17,23-25,28,31-32,51-52H,13,15-16,18-22,26-27,29-30H2,1-4H3,(H,54,60).